The predicted molar refractivity (Wildman–Crippen MR) is 37.3 cm³/mol. The van der Waals surface area contributed by atoms with Crippen molar-refractivity contribution in [1.29, 1.82) is 0 Å². The van der Waals surface area contributed by atoms with Crippen LogP contribution in [0.3, 0.4) is 0 Å². The van der Waals surface area contributed by atoms with Crippen molar-refractivity contribution in [2.24, 2.45) is 0 Å². The van der Waals surface area contributed by atoms with Gasteiger partial charge in [-0.1, -0.05) is 0 Å². The SMILES string of the molecule is OCc1cocc1CS. The van der Waals surface area contributed by atoms with Gasteiger partial charge in [-0.25, -0.2) is 0 Å². The number of furan rings is 1. The van der Waals surface area contributed by atoms with Crippen molar-refractivity contribution in [2.45, 2.75) is 12.4 Å². The van der Waals surface area contributed by atoms with Crippen molar-refractivity contribution in [3.05, 3.63) is 23.7 Å². The average molecular weight is 144 g/mol. The molecule has 0 spiro atoms. The van der Waals surface area contributed by atoms with E-state index in [1.54, 1.807) is 6.26 Å². The largest absolute Gasteiger partial charge is 0.472 e. The van der Waals surface area contributed by atoms with Crippen molar-refractivity contribution >= 4 is 12.6 Å². The summed E-state index contributed by atoms with van der Waals surface area (Å²) in [6.45, 7) is 0.0341. The first-order valence-corrected chi connectivity index (χ1v) is 3.27. The third kappa shape index (κ3) is 1.28. The fourth-order valence-corrected chi connectivity index (χ4v) is 0.905. The van der Waals surface area contributed by atoms with E-state index in [0.717, 1.165) is 11.1 Å². The van der Waals surface area contributed by atoms with Crippen LogP contribution in [0.15, 0.2) is 16.9 Å². The summed E-state index contributed by atoms with van der Waals surface area (Å²) < 4.78 is 4.82. The van der Waals surface area contributed by atoms with Crippen molar-refractivity contribution in [3.63, 3.8) is 0 Å². The fourth-order valence-electron chi connectivity index (χ4n) is 0.627. The lowest BCUT2D eigenvalue weighted by Gasteiger charge is -1.90. The molecular weight excluding hydrogens is 136 g/mol. The number of hydrogen-bond acceptors (Lipinski definition) is 3. The van der Waals surface area contributed by atoms with E-state index in [1.807, 2.05) is 0 Å². The molecule has 0 radical (unpaired) electrons. The van der Waals surface area contributed by atoms with Crippen LogP contribution < -0.4 is 0 Å². The first-order chi connectivity index (χ1) is 4.38. The fraction of sp³-hybridized carbons (Fsp3) is 0.333. The minimum absolute atomic E-state index is 0.0341. The molecule has 0 aliphatic rings. The van der Waals surface area contributed by atoms with Gasteiger partial charge in [-0.15, -0.1) is 0 Å². The molecule has 0 aliphatic heterocycles. The van der Waals surface area contributed by atoms with Crippen LogP contribution in [0.25, 0.3) is 0 Å². The van der Waals surface area contributed by atoms with Crippen LogP contribution in [0.1, 0.15) is 11.1 Å². The molecule has 3 heteroatoms. The molecule has 2 nitrogen and oxygen atoms in total. The third-order valence-corrected chi connectivity index (χ3v) is 1.51. The summed E-state index contributed by atoms with van der Waals surface area (Å²) in [7, 11) is 0. The van der Waals surface area contributed by atoms with Crippen LogP contribution in [0.2, 0.25) is 0 Å². The van der Waals surface area contributed by atoms with E-state index in [9.17, 15) is 0 Å². The highest BCUT2D eigenvalue weighted by Gasteiger charge is 1.99. The number of hydrogen-bond donors (Lipinski definition) is 2. The highest BCUT2D eigenvalue weighted by atomic mass is 32.1. The van der Waals surface area contributed by atoms with Gasteiger partial charge in [-0.2, -0.15) is 12.6 Å². The van der Waals surface area contributed by atoms with Crippen LogP contribution in [-0.2, 0) is 12.4 Å². The molecule has 9 heavy (non-hydrogen) atoms. The molecule has 0 saturated heterocycles. The lowest BCUT2D eigenvalue weighted by atomic mass is 10.2. The Morgan fingerprint density at radius 2 is 2.11 bits per heavy atom. The molecule has 1 rings (SSSR count). The molecule has 0 aromatic carbocycles. The zero-order valence-corrected chi connectivity index (χ0v) is 5.77. The highest BCUT2D eigenvalue weighted by molar-refractivity contribution is 7.79. The zero-order chi connectivity index (χ0) is 6.69. The quantitative estimate of drug-likeness (QED) is 0.611. The minimum Gasteiger partial charge on any atom is -0.472 e. The van der Waals surface area contributed by atoms with Crippen LogP contribution >= 0.6 is 12.6 Å². The molecule has 0 bridgehead atoms. The Morgan fingerprint density at radius 1 is 1.44 bits per heavy atom. The van der Waals surface area contributed by atoms with Gasteiger partial charge in [0, 0.05) is 16.9 Å². The van der Waals surface area contributed by atoms with Crippen LogP contribution in [-0.4, -0.2) is 5.11 Å². The first-order valence-electron chi connectivity index (χ1n) is 2.64. The summed E-state index contributed by atoms with van der Waals surface area (Å²) in [4.78, 5) is 0. The monoisotopic (exact) mass is 144 g/mol. The molecule has 1 aromatic heterocycles. The lowest BCUT2D eigenvalue weighted by molar-refractivity contribution is 0.280. The van der Waals surface area contributed by atoms with Crippen molar-refractivity contribution in [3.8, 4) is 0 Å². The molecule has 0 fully saturated rings. The van der Waals surface area contributed by atoms with Gasteiger partial charge in [-0.05, 0) is 0 Å². The topological polar surface area (TPSA) is 33.4 Å². The molecule has 1 N–H and O–H groups in total. The Balaban J connectivity index is 2.85. The number of rotatable bonds is 2. The highest BCUT2D eigenvalue weighted by Crippen LogP contribution is 2.11. The summed E-state index contributed by atoms with van der Waals surface area (Å²) in [6.07, 6.45) is 3.13. The summed E-state index contributed by atoms with van der Waals surface area (Å²) in [6, 6.07) is 0. The summed E-state index contributed by atoms with van der Waals surface area (Å²) >= 11 is 4.03. The molecule has 0 aliphatic carbocycles. The van der Waals surface area contributed by atoms with Gasteiger partial charge >= 0.3 is 0 Å². The number of aliphatic hydroxyl groups excluding tert-OH is 1. The molecule has 0 amide bonds. The summed E-state index contributed by atoms with van der Waals surface area (Å²) in [5.41, 5.74) is 1.78. The Morgan fingerprint density at radius 3 is 2.56 bits per heavy atom. The van der Waals surface area contributed by atoms with Gasteiger partial charge in [-0.3, -0.25) is 0 Å². The maximum absolute atomic E-state index is 8.64. The van der Waals surface area contributed by atoms with E-state index in [-0.39, 0.29) is 6.61 Å². The third-order valence-electron chi connectivity index (χ3n) is 1.17. The van der Waals surface area contributed by atoms with E-state index in [0.29, 0.717) is 5.75 Å². The Kier molecular flexibility index (Phi) is 2.19. The van der Waals surface area contributed by atoms with E-state index in [1.165, 1.54) is 6.26 Å². The summed E-state index contributed by atoms with van der Waals surface area (Å²) in [5.74, 6) is 0.617. The average Bonchev–Trinajstić information content (AvgIpc) is 2.33. The maximum atomic E-state index is 8.64. The van der Waals surface area contributed by atoms with Crippen LogP contribution in [0, 0.1) is 0 Å². The van der Waals surface area contributed by atoms with Gasteiger partial charge in [0.2, 0.25) is 0 Å². The minimum atomic E-state index is 0.0341. The number of thiol groups is 1. The van der Waals surface area contributed by atoms with Gasteiger partial charge in [0.1, 0.15) is 0 Å². The Labute approximate surface area is 58.9 Å². The van der Waals surface area contributed by atoms with Crippen molar-refractivity contribution in [1.82, 2.24) is 0 Å². The number of aliphatic hydroxyl groups is 1. The lowest BCUT2D eigenvalue weighted by Crippen LogP contribution is -1.83. The molecular formula is C6H8O2S. The van der Waals surface area contributed by atoms with Gasteiger partial charge in [0.05, 0.1) is 19.1 Å². The Hall–Kier alpha value is -0.410. The first kappa shape index (κ1) is 6.71. The normalized spacial score (nSPS) is 10.0. The van der Waals surface area contributed by atoms with E-state index in [2.05, 4.69) is 12.6 Å². The second-order valence-corrected chi connectivity index (χ2v) is 2.05. The second-order valence-electron chi connectivity index (χ2n) is 1.74. The van der Waals surface area contributed by atoms with E-state index in [4.69, 9.17) is 9.52 Å². The zero-order valence-electron chi connectivity index (χ0n) is 4.87. The molecule has 50 valence electrons. The van der Waals surface area contributed by atoms with Gasteiger partial charge in [0.25, 0.3) is 0 Å². The predicted octanol–water partition coefficient (Wildman–Crippen LogP) is 1.20. The van der Waals surface area contributed by atoms with Gasteiger partial charge in [0.15, 0.2) is 0 Å². The van der Waals surface area contributed by atoms with E-state index >= 15 is 0 Å². The molecule has 0 saturated carbocycles. The van der Waals surface area contributed by atoms with Crippen molar-refractivity contribution < 1.29 is 9.52 Å². The van der Waals surface area contributed by atoms with Crippen LogP contribution in [0.4, 0.5) is 0 Å². The molecule has 1 aromatic rings. The molecule has 0 unspecified atom stereocenters. The summed E-state index contributed by atoms with van der Waals surface area (Å²) in [5, 5.41) is 8.64. The smallest absolute Gasteiger partial charge is 0.0960 e. The van der Waals surface area contributed by atoms with Crippen molar-refractivity contribution in [2.75, 3.05) is 0 Å². The standard InChI is InChI=1S/C6H8O2S/c7-1-5-2-8-3-6(5)4-9/h2-3,7,9H,1,4H2. The maximum Gasteiger partial charge on any atom is 0.0960 e. The second kappa shape index (κ2) is 2.94. The van der Waals surface area contributed by atoms with E-state index < -0.39 is 0 Å². The van der Waals surface area contributed by atoms with Gasteiger partial charge < -0.3 is 9.52 Å². The molecule has 0 atom stereocenters. The Bertz CT molecular complexity index is 164. The van der Waals surface area contributed by atoms with Crippen LogP contribution in [0.5, 0.6) is 0 Å². The molecule has 1 heterocycles.